The van der Waals surface area contributed by atoms with E-state index >= 15 is 0 Å². The lowest BCUT2D eigenvalue weighted by Gasteiger charge is -2.61. The number of hydrogen-bond acceptors (Lipinski definition) is 5. The Balaban J connectivity index is 2.00. The summed E-state index contributed by atoms with van der Waals surface area (Å²) in [5.74, 6) is 0. The molecule has 2 N–H and O–H groups in total. The second-order valence-electron chi connectivity index (χ2n) is 10.4. The van der Waals surface area contributed by atoms with E-state index in [1.807, 2.05) is 0 Å². The Morgan fingerprint density at radius 3 is 2.26 bits per heavy atom. The Labute approximate surface area is 165 Å². The predicted octanol–water partition coefficient (Wildman–Crippen LogP) is 3.77. The van der Waals surface area contributed by atoms with Crippen molar-refractivity contribution in [2.24, 2.45) is 0 Å². The number of hydrogen-bond donors (Lipinski definition) is 2. The molecule has 0 radical (unpaired) electrons. The summed E-state index contributed by atoms with van der Waals surface area (Å²) in [4.78, 5) is 0. The lowest BCUT2D eigenvalue weighted by atomic mass is 9.58. The predicted molar refractivity (Wildman–Crippen MR) is 108 cm³/mol. The first-order valence-electron chi connectivity index (χ1n) is 10.8. The van der Waals surface area contributed by atoms with Crippen molar-refractivity contribution in [3.63, 3.8) is 0 Å². The zero-order valence-electron chi connectivity index (χ0n) is 18.0. The molecule has 27 heavy (non-hydrogen) atoms. The highest BCUT2D eigenvalue weighted by Gasteiger charge is 2.71. The van der Waals surface area contributed by atoms with Gasteiger partial charge in [-0.1, -0.05) is 20.8 Å². The van der Waals surface area contributed by atoms with Crippen molar-refractivity contribution in [2.45, 2.75) is 113 Å². The number of aliphatic hydroxyl groups is 2. The van der Waals surface area contributed by atoms with Gasteiger partial charge in [-0.15, -0.1) is 0 Å². The Bertz CT molecular complexity index is 517. The lowest BCUT2D eigenvalue weighted by Crippen LogP contribution is -2.75. The summed E-state index contributed by atoms with van der Waals surface area (Å²) in [5, 5.41) is 21.9. The van der Waals surface area contributed by atoms with E-state index in [4.69, 9.17) is 13.9 Å². The standard InChI is InChI=1S/C21H40O5Si/c1-18(2,3)27(4,5)26-17-9-13-19(10-7-15-24-19)21(12-8-16-25-21)20(17,23)11-6-14-22/h17,22-23H,6-16H2,1-5H3/t17-,19+,20+,21+/m1/s1. The molecule has 0 aromatic carbocycles. The van der Waals surface area contributed by atoms with Crippen molar-refractivity contribution in [3.05, 3.63) is 0 Å². The van der Waals surface area contributed by atoms with Crippen LogP contribution in [0, 0.1) is 0 Å². The van der Waals surface area contributed by atoms with Crippen LogP contribution < -0.4 is 0 Å². The van der Waals surface area contributed by atoms with Crippen LogP contribution in [0.5, 0.6) is 0 Å². The summed E-state index contributed by atoms with van der Waals surface area (Å²) in [6.45, 7) is 12.7. The third-order valence-electron chi connectivity index (χ3n) is 7.86. The van der Waals surface area contributed by atoms with Crippen molar-refractivity contribution in [2.75, 3.05) is 19.8 Å². The molecular weight excluding hydrogens is 360 g/mol. The highest BCUT2D eigenvalue weighted by molar-refractivity contribution is 6.74. The minimum absolute atomic E-state index is 0.0685. The Hall–Kier alpha value is 0.0169. The molecule has 1 aliphatic carbocycles. The number of rotatable bonds is 5. The first-order valence-corrected chi connectivity index (χ1v) is 13.7. The van der Waals surface area contributed by atoms with E-state index in [2.05, 4.69) is 33.9 Å². The van der Waals surface area contributed by atoms with Gasteiger partial charge in [0.2, 0.25) is 0 Å². The Morgan fingerprint density at radius 2 is 1.74 bits per heavy atom. The monoisotopic (exact) mass is 400 g/mol. The average Bonchev–Trinajstić information content (AvgIpc) is 3.24. The molecule has 0 aromatic heterocycles. The molecule has 2 spiro atoms. The van der Waals surface area contributed by atoms with Crippen LogP contribution in [0.3, 0.4) is 0 Å². The van der Waals surface area contributed by atoms with Gasteiger partial charge in [-0.2, -0.15) is 0 Å². The smallest absolute Gasteiger partial charge is 0.192 e. The maximum atomic E-state index is 12.2. The summed E-state index contributed by atoms with van der Waals surface area (Å²) in [7, 11) is -2.06. The molecule has 3 fully saturated rings. The van der Waals surface area contributed by atoms with Gasteiger partial charge in [0.05, 0.1) is 6.10 Å². The normalized spacial score (nSPS) is 40.3. The number of aliphatic hydroxyl groups excluding tert-OH is 1. The molecule has 0 aromatic rings. The van der Waals surface area contributed by atoms with Crippen LogP contribution in [0.4, 0.5) is 0 Å². The summed E-state index contributed by atoms with van der Waals surface area (Å²) in [5.41, 5.74) is -2.23. The van der Waals surface area contributed by atoms with Crippen LogP contribution in [0.1, 0.15) is 72.1 Å². The molecule has 4 atom stereocenters. The molecule has 2 saturated heterocycles. The van der Waals surface area contributed by atoms with E-state index in [-0.39, 0.29) is 17.7 Å². The average molecular weight is 401 g/mol. The molecule has 3 rings (SSSR count). The van der Waals surface area contributed by atoms with E-state index in [9.17, 15) is 10.2 Å². The van der Waals surface area contributed by atoms with Crippen molar-refractivity contribution in [1.82, 2.24) is 0 Å². The molecular formula is C21H40O5Si. The zero-order chi connectivity index (χ0) is 20.0. The van der Waals surface area contributed by atoms with Gasteiger partial charge in [-0.25, -0.2) is 0 Å². The van der Waals surface area contributed by atoms with Crippen molar-refractivity contribution in [3.8, 4) is 0 Å². The van der Waals surface area contributed by atoms with E-state index in [1.54, 1.807) is 0 Å². The van der Waals surface area contributed by atoms with Gasteiger partial charge in [-0.05, 0) is 69.5 Å². The molecule has 1 saturated carbocycles. The summed E-state index contributed by atoms with van der Waals surface area (Å²) >= 11 is 0. The van der Waals surface area contributed by atoms with Gasteiger partial charge in [0.15, 0.2) is 8.32 Å². The van der Waals surface area contributed by atoms with Crippen LogP contribution in [-0.2, 0) is 13.9 Å². The second-order valence-corrected chi connectivity index (χ2v) is 15.1. The van der Waals surface area contributed by atoms with Crippen molar-refractivity contribution >= 4 is 8.32 Å². The molecule has 0 unspecified atom stereocenters. The fraction of sp³-hybridized carbons (Fsp3) is 1.00. The summed E-state index contributed by atoms with van der Waals surface area (Å²) < 4.78 is 19.6. The van der Waals surface area contributed by atoms with Gasteiger partial charge in [0, 0.05) is 19.8 Å². The van der Waals surface area contributed by atoms with E-state index in [0.717, 1.165) is 45.1 Å². The van der Waals surface area contributed by atoms with Crippen LogP contribution in [0.15, 0.2) is 0 Å². The molecule has 2 aliphatic heterocycles. The third-order valence-corrected chi connectivity index (χ3v) is 12.3. The highest BCUT2D eigenvalue weighted by Crippen LogP contribution is 2.59. The van der Waals surface area contributed by atoms with Gasteiger partial charge in [0.1, 0.15) is 16.8 Å². The fourth-order valence-electron chi connectivity index (χ4n) is 5.41. The minimum atomic E-state index is -2.06. The number of ether oxygens (including phenoxy) is 2. The van der Waals surface area contributed by atoms with E-state index < -0.39 is 25.1 Å². The maximum absolute atomic E-state index is 12.2. The SMILES string of the molecule is CC(C)(C)[Si](C)(C)O[C@@H]1CC[C@@]2(CCCO2)[C@@]2(CCCO2)[C@]1(O)CCCO. The Morgan fingerprint density at radius 1 is 1.07 bits per heavy atom. The second kappa shape index (κ2) is 7.37. The zero-order valence-corrected chi connectivity index (χ0v) is 19.0. The number of fused-ring (bicyclic) bond motifs is 1. The van der Waals surface area contributed by atoms with Crippen molar-refractivity contribution < 1.29 is 24.1 Å². The quantitative estimate of drug-likeness (QED) is 0.688. The summed E-state index contributed by atoms with van der Waals surface area (Å²) in [6, 6.07) is 0. The Kier molecular flexibility index (Phi) is 5.93. The topological polar surface area (TPSA) is 68.2 Å². The first-order chi connectivity index (χ1) is 12.5. The maximum Gasteiger partial charge on any atom is 0.192 e. The molecule has 2 heterocycles. The summed E-state index contributed by atoms with van der Waals surface area (Å²) in [6.07, 6.45) is 6.18. The molecule has 3 aliphatic rings. The fourth-order valence-corrected chi connectivity index (χ4v) is 6.79. The molecule has 6 heteroatoms. The highest BCUT2D eigenvalue weighted by atomic mass is 28.4. The van der Waals surface area contributed by atoms with Gasteiger partial charge in [-0.3, -0.25) is 0 Å². The van der Waals surface area contributed by atoms with Crippen LogP contribution in [-0.4, -0.2) is 61.3 Å². The van der Waals surface area contributed by atoms with Crippen LogP contribution >= 0.6 is 0 Å². The minimum Gasteiger partial charge on any atom is -0.411 e. The molecule has 0 bridgehead atoms. The molecule has 0 amide bonds. The van der Waals surface area contributed by atoms with E-state index in [1.165, 1.54) is 0 Å². The third kappa shape index (κ3) is 3.34. The lowest BCUT2D eigenvalue weighted by molar-refractivity contribution is -0.302. The van der Waals surface area contributed by atoms with Crippen LogP contribution in [0.25, 0.3) is 0 Å². The van der Waals surface area contributed by atoms with Crippen LogP contribution in [0.2, 0.25) is 18.1 Å². The molecule has 5 nitrogen and oxygen atoms in total. The largest absolute Gasteiger partial charge is 0.411 e. The van der Waals surface area contributed by atoms with Gasteiger partial charge < -0.3 is 24.1 Å². The van der Waals surface area contributed by atoms with E-state index in [0.29, 0.717) is 19.4 Å². The van der Waals surface area contributed by atoms with Gasteiger partial charge in [0.25, 0.3) is 0 Å². The van der Waals surface area contributed by atoms with Gasteiger partial charge >= 0.3 is 0 Å². The first kappa shape index (κ1) is 21.7. The molecule has 158 valence electrons. The van der Waals surface area contributed by atoms with Crippen molar-refractivity contribution in [1.29, 1.82) is 0 Å².